The molecule has 0 bridgehead atoms. The van der Waals surface area contributed by atoms with E-state index in [0.29, 0.717) is 13.4 Å². The second kappa shape index (κ2) is 4.27. The molecule has 0 radical (unpaired) electrons. The average Bonchev–Trinajstić information content (AvgIpc) is 2.25. The molecule has 1 aliphatic heterocycles. The van der Waals surface area contributed by atoms with Gasteiger partial charge in [0.2, 0.25) is 0 Å². The van der Waals surface area contributed by atoms with Crippen molar-refractivity contribution in [2.75, 3.05) is 6.79 Å². The van der Waals surface area contributed by atoms with Crippen LogP contribution in [0.15, 0.2) is 12.1 Å². The summed E-state index contributed by atoms with van der Waals surface area (Å²) in [7, 11) is 0. The van der Waals surface area contributed by atoms with Crippen molar-refractivity contribution in [2.45, 2.75) is 59.0 Å². The lowest BCUT2D eigenvalue weighted by molar-refractivity contribution is -0.0176. The Hall–Kier alpha value is -1.02. The zero-order chi connectivity index (χ0) is 13.6. The molecule has 0 spiro atoms. The molecule has 0 aromatic heterocycles. The van der Waals surface area contributed by atoms with Crippen LogP contribution in [0.25, 0.3) is 0 Å². The molecule has 2 nitrogen and oxygen atoms in total. The van der Waals surface area contributed by atoms with Gasteiger partial charge in [0.15, 0.2) is 6.79 Å². The van der Waals surface area contributed by atoms with Crippen molar-refractivity contribution in [3.63, 3.8) is 0 Å². The zero-order valence-electron chi connectivity index (χ0n) is 12.4. The Morgan fingerprint density at radius 3 is 2.17 bits per heavy atom. The van der Waals surface area contributed by atoms with Crippen molar-refractivity contribution < 1.29 is 9.47 Å². The Morgan fingerprint density at radius 1 is 0.944 bits per heavy atom. The summed E-state index contributed by atoms with van der Waals surface area (Å²) in [6.07, 6.45) is 0. The maximum Gasteiger partial charge on any atom is 0.189 e. The molecule has 0 amide bonds. The van der Waals surface area contributed by atoms with Crippen LogP contribution in [0.1, 0.15) is 58.2 Å². The van der Waals surface area contributed by atoms with Crippen molar-refractivity contribution in [1.82, 2.24) is 0 Å². The first kappa shape index (κ1) is 13.4. The Kier molecular flexibility index (Phi) is 3.18. The van der Waals surface area contributed by atoms with Gasteiger partial charge in [-0.2, -0.15) is 0 Å². The van der Waals surface area contributed by atoms with Crippen LogP contribution in [0, 0.1) is 0 Å². The van der Waals surface area contributed by atoms with Crippen LogP contribution in [-0.2, 0) is 22.2 Å². The van der Waals surface area contributed by atoms with Gasteiger partial charge >= 0.3 is 0 Å². The van der Waals surface area contributed by atoms with Gasteiger partial charge in [0.25, 0.3) is 0 Å². The lowest BCUT2D eigenvalue weighted by Gasteiger charge is -2.31. The summed E-state index contributed by atoms with van der Waals surface area (Å²) in [6, 6.07) is 4.52. The Labute approximate surface area is 110 Å². The highest BCUT2D eigenvalue weighted by Crippen LogP contribution is 2.39. The summed E-state index contributed by atoms with van der Waals surface area (Å²) < 4.78 is 11.1. The van der Waals surface area contributed by atoms with Crippen LogP contribution < -0.4 is 4.74 Å². The van der Waals surface area contributed by atoms with Gasteiger partial charge in [0.05, 0.1) is 6.61 Å². The van der Waals surface area contributed by atoms with Crippen molar-refractivity contribution >= 4 is 0 Å². The fraction of sp³-hybridized carbons (Fsp3) is 0.625. The topological polar surface area (TPSA) is 18.5 Å². The highest BCUT2D eigenvalue weighted by atomic mass is 16.7. The van der Waals surface area contributed by atoms with Gasteiger partial charge in [-0.15, -0.1) is 0 Å². The maximum atomic E-state index is 5.73. The average molecular weight is 248 g/mol. The van der Waals surface area contributed by atoms with Gasteiger partial charge < -0.3 is 9.47 Å². The number of hydrogen-bond acceptors (Lipinski definition) is 2. The summed E-state index contributed by atoms with van der Waals surface area (Å²) >= 11 is 0. The molecule has 1 aromatic carbocycles. The normalized spacial score (nSPS) is 16.1. The third-order valence-electron chi connectivity index (χ3n) is 3.38. The van der Waals surface area contributed by atoms with Crippen molar-refractivity contribution in [3.05, 3.63) is 28.8 Å². The summed E-state index contributed by atoms with van der Waals surface area (Å²) in [5.41, 5.74) is 4.04. The minimum absolute atomic E-state index is 0.0860. The molecule has 1 aliphatic rings. The van der Waals surface area contributed by atoms with Crippen molar-refractivity contribution in [1.29, 1.82) is 0 Å². The third kappa shape index (κ3) is 2.54. The number of benzene rings is 1. The van der Waals surface area contributed by atoms with E-state index in [1.165, 1.54) is 16.7 Å². The molecule has 1 aromatic rings. The first-order chi connectivity index (χ1) is 8.19. The number of hydrogen-bond donors (Lipinski definition) is 0. The number of ether oxygens (including phenoxy) is 2. The molecule has 1 heterocycles. The van der Waals surface area contributed by atoms with Gasteiger partial charge in [-0.25, -0.2) is 0 Å². The Bertz CT molecular complexity index is 447. The second-order valence-electron chi connectivity index (χ2n) is 7.12. The number of rotatable bonds is 0. The molecule has 0 aliphatic carbocycles. The van der Waals surface area contributed by atoms with E-state index in [4.69, 9.17) is 9.47 Å². The van der Waals surface area contributed by atoms with E-state index >= 15 is 0 Å². The fourth-order valence-electron chi connectivity index (χ4n) is 2.21. The number of fused-ring (bicyclic) bond motifs is 1. The highest BCUT2D eigenvalue weighted by Gasteiger charge is 2.27. The van der Waals surface area contributed by atoms with Crippen LogP contribution in [0.4, 0.5) is 0 Å². The molecule has 0 saturated heterocycles. The minimum atomic E-state index is 0.0860. The van der Waals surface area contributed by atoms with Gasteiger partial charge in [0.1, 0.15) is 5.75 Å². The Balaban J connectivity index is 2.63. The van der Waals surface area contributed by atoms with E-state index in [2.05, 4.69) is 53.7 Å². The summed E-state index contributed by atoms with van der Waals surface area (Å²) in [4.78, 5) is 0. The van der Waals surface area contributed by atoms with E-state index in [-0.39, 0.29) is 10.8 Å². The standard InChI is InChI=1S/C16H24O2/c1-15(2,3)12-7-11-9-17-10-18-14(11)13(8-12)16(4,5)6/h7-8H,9-10H2,1-6H3. The van der Waals surface area contributed by atoms with Gasteiger partial charge in [-0.05, 0) is 22.5 Å². The molecule has 18 heavy (non-hydrogen) atoms. The van der Waals surface area contributed by atoms with Crippen LogP contribution in [0.2, 0.25) is 0 Å². The van der Waals surface area contributed by atoms with E-state index in [1.54, 1.807) is 0 Å². The van der Waals surface area contributed by atoms with Crippen molar-refractivity contribution in [2.24, 2.45) is 0 Å². The molecule has 0 fully saturated rings. The first-order valence-electron chi connectivity index (χ1n) is 6.58. The Morgan fingerprint density at radius 2 is 1.61 bits per heavy atom. The lowest BCUT2D eigenvalue weighted by atomic mass is 9.79. The van der Waals surface area contributed by atoms with Crippen molar-refractivity contribution in [3.8, 4) is 5.75 Å². The minimum Gasteiger partial charge on any atom is -0.467 e. The van der Waals surface area contributed by atoms with Crippen LogP contribution >= 0.6 is 0 Å². The monoisotopic (exact) mass is 248 g/mol. The zero-order valence-corrected chi connectivity index (χ0v) is 12.4. The summed E-state index contributed by atoms with van der Waals surface area (Å²) in [5, 5.41) is 0. The molecule has 0 atom stereocenters. The molecular weight excluding hydrogens is 224 g/mol. The van der Waals surface area contributed by atoms with Gasteiger partial charge in [-0.1, -0.05) is 47.6 Å². The lowest BCUT2D eigenvalue weighted by Crippen LogP contribution is -2.22. The van der Waals surface area contributed by atoms with E-state index in [1.807, 2.05) is 0 Å². The molecule has 2 heteroatoms. The summed E-state index contributed by atoms with van der Waals surface area (Å²) in [5.74, 6) is 1.03. The van der Waals surface area contributed by atoms with Crippen LogP contribution in [-0.4, -0.2) is 6.79 Å². The molecule has 100 valence electrons. The predicted molar refractivity (Wildman–Crippen MR) is 74.1 cm³/mol. The van der Waals surface area contributed by atoms with E-state index in [0.717, 1.165) is 5.75 Å². The van der Waals surface area contributed by atoms with Crippen LogP contribution in [0.3, 0.4) is 0 Å². The first-order valence-corrected chi connectivity index (χ1v) is 6.58. The molecule has 0 N–H and O–H groups in total. The highest BCUT2D eigenvalue weighted by molar-refractivity contribution is 5.49. The third-order valence-corrected chi connectivity index (χ3v) is 3.38. The van der Waals surface area contributed by atoms with Crippen LogP contribution in [0.5, 0.6) is 5.75 Å². The largest absolute Gasteiger partial charge is 0.467 e. The predicted octanol–water partition coefficient (Wildman–Crippen LogP) is 4.15. The van der Waals surface area contributed by atoms with Gasteiger partial charge in [0, 0.05) is 11.1 Å². The smallest absolute Gasteiger partial charge is 0.189 e. The molecular formula is C16H24O2. The maximum absolute atomic E-state index is 5.73. The quantitative estimate of drug-likeness (QED) is 0.686. The summed E-state index contributed by atoms with van der Waals surface area (Å²) in [6.45, 7) is 14.4. The fourth-order valence-corrected chi connectivity index (χ4v) is 2.21. The molecule has 0 saturated carbocycles. The second-order valence-corrected chi connectivity index (χ2v) is 7.12. The molecule has 2 rings (SSSR count). The van der Waals surface area contributed by atoms with Gasteiger partial charge in [-0.3, -0.25) is 0 Å². The molecule has 0 unspecified atom stereocenters. The van der Waals surface area contributed by atoms with E-state index < -0.39 is 0 Å². The SMILES string of the molecule is CC(C)(C)c1cc2c(c(C(C)(C)C)c1)OCOC2. The van der Waals surface area contributed by atoms with E-state index in [9.17, 15) is 0 Å².